The number of hydrogen-bond donors (Lipinski definition) is 0. The van der Waals surface area contributed by atoms with Crippen molar-refractivity contribution in [3.05, 3.63) is 17.7 Å². The number of nitrogens with zero attached hydrogens (tertiary/aromatic N) is 2. The minimum absolute atomic E-state index is 0.257. The van der Waals surface area contributed by atoms with Crippen molar-refractivity contribution in [1.82, 2.24) is 9.97 Å². The zero-order valence-corrected chi connectivity index (χ0v) is 11.3. The molecular formula is C14H16N2O3. The van der Waals surface area contributed by atoms with Gasteiger partial charge in [0, 0.05) is 5.56 Å². The molecule has 0 bridgehead atoms. The molecule has 2 aromatic rings. The normalized spacial score (nSPS) is 14.5. The van der Waals surface area contributed by atoms with Gasteiger partial charge in [-0.1, -0.05) is 0 Å². The van der Waals surface area contributed by atoms with Gasteiger partial charge in [-0.05, 0) is 31.9 Å². The van der Waals surface area contributed by atoms with E-state index in [2.05, 4.69) is 9.97 Å². The molecule has 0 saturated heterocycles. The van der Waals surface area contributed by atoms with Crippen molar-refractivity contribution in [2.24, 2.45) is 0 Å². The van der Waals surface area contributed by atoms with E-state index in [9.17, 15) is 0 Å². The molecule has 1 fully saturated rings. The predicted molar refractivity (Wildman–Crippen MR) is 71.0 cm³/mol. The highest BCUT2D eigenvalue weighted by Crippen LogP contribution is 2.33. The molecule has 5 nitrogen and oxygen atoms in total. The van der Waals surface area contributed by atoms with Gasteiger partial charge >= 0.3 is 6.01 Å². The lowest BCUT2D eigenvalue weighted by atomic mass is 10.1. The summed E-state index contributed by atoms with van der Waals surface area (Å²) in [5, 5.41) is 0.865. The second kappa shape index (κ2) is 4.57. The Bertz CT molecular complexity index is 624. The van der Waals surface area contributed by atoms with Crippen LogP contribution in [0.3, 0.4) is 0 Å². The molecule has 1 aliphatic rings. The fourth-order valence-corrected chi connectivity index (χ4v) is 2.03. The van der Waals surface area contributed by atoms with Crippen molar-refractivity contribution >= 4 is 10.9 Å². The van der Waals surface area contributed by atoms with Crippen LogP contribution in [-0.2, 0) is 0 Å². The molecular weight excluding hydrogens is 244 g/mol. The maximum Gasteiger partial charge on any atom is 0.320 e. The molecule has 0 amide bonds. The lowest BCUT2D eigenvalue weighted by molar-refractivity contribution is 0.273. The van der Waals surface area contributed by atoms with Gasteiger partial charge in [0.15, 0.2) is 0 Å². The van der Waals surface area contributed by atoms with Crippen LogP contribution in [0.25, 0.3) is 10.9 Å². The zero-order valence-electron chi connectivity index (χ0n) is 11.3. The second-order valence-corrected chi connectivity index (χ2v) is 4.62. The number of fused-ring (bicyclic) bond motifs is 1. The third kappa shape index (κ3) is 2.16. The Morgan fingerprint density at radius 2 is 1.89 bits per heavy atom. The van der Waals surface area contributed by atoms with E-state index in [-0.39, 0.29) is 6.10 Å². The minimum Gasteiger partial charge on any atom is -0.496 e. The van der Waals surface area contributed by atoms with Gasteiger partial charge in [-0.15, -0.1) is 0 Å². The molecule has 0 radical (unpaired) electrons. The Morgan fingerprint density at radius 3 is 2.53 bits per heavy atom. The van der Waals surface area contributed by atoms with Crippen LogP contribution in [0.1, 0.15) is 18.4 Å². The van der Waals surface area contributed by atoms with Crippen LogP contribution in [0, 0.1) is 6.92 Å². The highest BCUT2D eigenvalue weighted by atomic mass is 16.5. The smallest absolute Gasteiger partial charge is 0.320 e. The summed E-state index contributed by atoms with van der Waals surface area (Å²) in [4.78, 5) is 8.78. The van der Waals surface area contributed by atoms with Gasteiger partial charge in [-0.25, -0.2) is 0 Å². The van der Waals surface area contributed by atoms with E-state index >= 15 is 0 Å². The molecule has 0 atom stereocenters. The largest absolute Gasteiger partial charge is 0.496 e. The average molecular weight is 260 g/mol. The molecule has 5 heteroatoms. The number of aryl methyl sites for hydroxylation is 1. The summed E-state index contributed by atoms with van der Waals surface area (Å²) in [6.45, 7) is 1.97. The Morgan fingerprint density at radius 1 is 1.11 bits per heavy atom. The first kappa shape index (κ1) is 12.0. The Balaban J connectivity index is 2.17. The molecule has 0 unspecified atom stereocenters. The maximum absolute atomic E-state index is 5.66. The van der Waals surface area contributed by atoms with Crippen LogP contribution in [0.2, 0.25) is 0 Å². The Kier molecular flexibility index (Phi) is 2.89. The van der Waals surface area contributed by atoms with E-state index in [4.69, 9.17) is 14.2 Å². The maximum atomic E-state index is 5.66. The molecule has 0 spiro atoms. The van der Waals surface area contributed by atoms with Gasteiger partial charge in [0.05, 0.1) is 25.1 Å². The van der Waals surface area contributed by atoms with E-state index in [1.807, 2.05) is 19.1 Å². The van der Waals surface area contributed by atoms with Crippen LogP contribution >= 0.6 is 0 Å². The van der Waals surface area contributed by atoms with Gasteiger partial charge in [0.25, 0.3) is 0 Å². The number of hydrogen-bond acceptors (Lipinski definition) is 5. The summed E-state index contributed by atoms with van der Waals surface area (Å²) < 4.78 is 16.3. The van der Waals surface area contributed by atoms with E-state index in [0.29, 0.717) is 11.9 Å². The van der Waals surface area contributed by atoms with Gasteiger partial charge in [-0.2, -0.15) is 9.97 Å². The first-order valence-electron chi connectivity index (χ1n) is 6.29. The number of benzene rings is 1. The molecule has 1 aromatic carbocycles. The molecule has 1 heterocycles. The fourth-order valence-electron chi connectivity index (χ4n) is 2.03. The summed E-state index contributed by atoms with van der Waals surface area (Å²) in [5.41, 5.74) is 1.77. The molecule has 1 aliphatic carbocycles. The van der Waals surface area contributed by atoms with Crippen molar-refractivity contribution < 1.29 is 14.2 Å². The first-order chi connectivity index (χ1) is 9.22. The number of rotatable bonds is 4. The first-order valence-corrected chi connectivity index (χ1v) is 6.29. The van der Waals surface area contributed by atoms with E-state index in [1.54, 1.807) is 14.2 Å². The SMILES string of the molecule is COc1ccc2c(OC)nc(OC3CC3)nc2c1C. The third-order valence-corrected chi connectivity index (χ3v) is 3.23. The van der Waals surface area contributed by atoms with E-state index in [1.165, 1.54) is 0 Å². The fraction of sp³-hybridized carbons (Fsp3) is 0.429. The topological polar surface area (TPSA) is 53.5 Å². The van der Waals surface area contributed by atoms with Crippen molar-refractivity contribution in [3.63, 3.8) is 0 Å². The lowest BCUT2D eigenvalue weighted by Crippen LogP contribution is -2.03. The number of ether oxygens (including phenoxy) is 3. The average Bonchev–Trinajstić information content (AvgIpc) is 3.23. The second-order valence-electron chi connectivity index (χ2n) is 4.62. The Labute approximate surface area is 111 Å². The van der Waals surface area contributed by atoms with E-state index in [0.717, 1.165) is 35.1 Å². The minimum atomic E-state index is 0.257. The highest BCUT2D eigenvalue weighted by molar-refractivity contribution is 5.88. The molecule has 0 N–H and O–H groups in total. The van der Waals surface area contributed by atoms with Crippen molar-refractivity contribution in [2.75, 3.05) is 14.2 Å². The lowest BCUT2D eigenvalue weighted by Gasteiger charge is -2.11. The van der Waals surface area contributed by atoms with Crippen LogP contribution < -0.4 is 14.2 Å². The summed E-state index contributed by atoms with van der Waals surface area (Å²) >= 11 is 0. The van der Waals surface area contributed by atoms with Gasteiger partial charge in [0.1, 0.15) is 11.9 Å². The van der Waals surface area contributed by atoms with Crippen molar-refractivity contribution in [2.45, 2.75) is 25.9 Å². The standard InChI is InChI=1S/C14H16N2O3/c1-8-11(17-2)7-6-10-12(8)15-14(16-13(10)18-3)19-9-4-5-9/h6-7,9H,4-5H2,1-3H3. The van der Waals surface area contributed by atoms with Crippen molar-refractivity contribution in [1.29, 1.82) is 0 Å². The van der Waals surface area contributed by atoms with Crippen LogP contribution in [0.4, 0.5) is 0 Å². The monoisotopic (exact) mass is 260 g/mol. The Hall–Kier alpha value is -2.04. The molecule has 19 heavy (non-hydrogen) atoms. The highest BCUT2D eigenvalue weighted by Gasteiger charge is 2.25. The van der Waals surface area contributed by atoms with Gasteiger partial charge in [-0.3, -0.25) is 0 Å². The van der Waals surface area contributed by atoms with Crippen LogP contribution in [0.15, 0.2) is 12.1 Å². The van der Waals surface area contributed by atoms with Gasteiger partial charge in [0.2, 0.25) is 5.88 Å². The predicted octanol–water partition coefficient (Wildman–Crippen LogP) is 2.50. The molecule has 1 saturated carbocycles. The molecule has 1 aromatic heterocycles. The summed E-state index contributed by atoms with van der Waals surface area (Å²) in [6.07, 6.45) is 2.40. The zero-order chi connectivity index (χ0) is 13.4. The molecule has 3 rings (SSSR count). The van der Waals surface area contributed by atoms with Crippen LogP contribution in [-0.4, -0.2) is 30.3 Å². The van der Waals surface area contributed by atoms with Gasteiger partial charge < -0.3 is 14.2 Å². The van der Waals surface area contributed by atoms with Crippen molar-refractivity contribution in [3.8, 4) is 17.6 Å². The summed E-state index contributed by atoms with van der Waals surface area (Å²) in [7, 11) is 3.25. The third-order valence-electron chi connectivity index (χ3n) is 3.23. The summed E-state index contributed by atoms with van der Waals surface area (Å²) in [5.74, 6) is 1.33. The summed E-state index contributed by atoms with van der Waals surface area (Å²) in [6, 6.07) is 4.18. The number of methoxy groups -OCH3 is 2. The molecule has 100 valence electrons. The van der Waals surface area contributed by atoms with Crippen LogP contribution in [0.5, 0.6) is 17.6 Å². The number of aromatic nitrogens is 2. The molecule has 0 aliphatic heterocycles. The van der Waals surface area contributed by atoms with E-state index < -0.39 is 0 Å². The quantitative estimate of drug-likeness (QED) is 0.845.